The number of nitriles is 1. The highest BCUT2D eigenvalue weighted by Crippen LogP contribution is 2.20. The van der Waals surface area contributed by atoms with Crippen LogP contribution in [0.2, 0.25) is 5.02 Å². The number of ether oxygens (including phenoxy) is 2. The number of esters is 1. The topological polar surface area (TPSA) is 88.4 Å². The van der Waals surface area contributed by atoms with E-state index in [1.807, 2.05) is 12.1 Å². The van der Waals surface area contributed by atoms with Gasteiger partial charge in [0.1, 0.15) is 11.8 Å². The van der Waals surface area contributed by atoms with E-state index in [4.69, 9.17) is 26.3 Å². The zero-order chi connectivity index (χ0) is 18.9. The molecule has 0 spiro atoms. The third-order valence-corrected chi connectivity index (χ3v) is 3.61. The summed E-state index contributed by atoms with van der Waals surface area (Å²) in [6.45, 7) is 1.28. The Morgan fingerprint density at radius 2 is 1.96 bits per heavy atom. The maximum atomic E-state index is 12.1. The smallest absolute Gasteiger partial charge is 0.347 e. The fraction of sp³-hybridized carbons (Fsp3) is 0.211. The minimum atomic E-state index is -0.814. The van der Waals surface area contributed by atoms with Gasteiger partial charge in [0, 0.05) is 5.02 Å². The minimum Gasteiger partial charge on any atom is -0.479 e. The number of amides is 1. The highest BCUT2D eigenvalue weighted by atomic mass is 35.5. The van der Waals surface area contributed by atoms with E-state index < -0.39 is 24.6 Å². The maximum Gasteiger partial charge on any atom is 0.347 e. The minimum absolute atomic E-state index is 0.257. The summed E-state index contributed by atoms with van der Waals surface area (Å²) in [4.78, 5) is 24.1. The third-order valence-electron chi connectivity index (χ3n) is 3.38. The van der Waals surface area contributed by atoms with Gasteiger partial charge in [-0.05, 0) is 36.8 Å². The standard InChI is InChI=1S/C19H17ClN2O4/c1-2-17(26-15-6-4-3-5-7-15)19(24)25-12-18(23)22-16-10-14(20)9-8-13(16)11-21/h3-10,17H,2,12H2,1H3,(H,22,23)/t17-/m0/s1. The molecule has 0 bridgehead atoms. The van der Waals surface area contributed by atoms with Crippen LogP contribution < -0.4 is 10.1 Å². The van der Waals surface area contributed by atoms with Crippen molar-refractivity contribution in [3.05, 3.63) is 59.1 Å². The molecule has 0 unspecified atom stereocenters. The van der Waals surface area contributed by atoms with Gasteiger partial charge in [0.05, 0.1) is 11.3 Å². The SMILES string of the molecule is CC[C@H](Oc1ccccc1)C(=O)OCC(=O)Nc1cc(Cl)ccc1C#N. The number of benzene rings is 2. The van der Waals surface area contributed by atoms with Crippen LogP contribution in [0, 0.1) is 11.3 Å². The van der Waals surface area contributed by atoms with E-state index in [1.54, 1.807) is 37.3 Å². The molecule has 0 saturated heterocycles. The van der Waals surface area contributed by atoms with Gasteiger partial charge in [-0.1, -0.05) is 36.7 Å². The van der Waals surface area contributed by atoms with Crippen LogP contribution in [-0.4, -0.2) is 24.6 Å². The summed E-state index contributed by atoms with van der Waals surface area (Å²) < 4.78 is 10.6. The predicted octanol–water partition coefficient (Wildman–Crippen LogP) is 3.55. The van der Waals surface area contributed by atoms with Crippen molar-refractivity contribution in [1.29, 1.82) is 5.26 Å². The normalized spacial score (nSPS) is 11.1. The molecule has 0 heterocycles. The first kappa shape index (κ1) is 19.3. The number of rotatable bonds is 7. The highest BCUT2D eigenvalue weighted by molar-refractivity contribution is 6.31. The maximum absolute atomic E-state index is 12.1. The fourth-order valence-electron chi connectivity index (χ4n) is 2.09. The summed E-state index contributed by atoms with van der Waals surface area (Å²) in [6.07, 6.45) is -0.423. The number of para-hydroxylation sites is 1. The summed E-state index contributed by atoms with van der Waals surface area (Å²) >= 11 is 5.86. The molecule has 2 rings (SSSR count). The number of nitrogens with zero attached hydrogens (tertiary/aromatic N) is 1. The lowest BCUT2D eigenvalue weighted by molar-refractivity contribution is -0.154. The van der Waals surface area contributed by atoms with Crippen molar-refractivity contribution in [1.82, 2.24) is 0 Å². The van der Waals surface area contributed by atoms with Crippen molar-refractivity contribution in [3.63, 3.8) is 0 Å². The Labute approximate surface area is 156 Å². The fourth-order valence-corrected chi connectivity index (χ4v) is 2.27. The van der Waals surface area contributed by atoms with E-state index in [0.29, 0.717) is 17.2 Å². The molecule has 0 aromatic heterocycles. The van der Waals surface area contributed by atoms with Gasteiger partial charge in [0.2, 0.25) is 0 Å². The molecule has 2 aromatic carbocycles. The average molecular weight is 373 g/mol. The molecule has 0 radical (unpaired) electrons. The zero-order valence-corrected chi connectivity index (χ0v) is 14.8. The lowest BCUT2D eigenvalue weighted by atomic mass is 10.2. The van der Waals surface area contributed by atoms with Crippen molar-refractivity contribution in [2.45, 2.75) is 19.4 Å². The Kier molecular flexibility index (Phi) is 7.01. The van der Waals surface area contributed by atoms with Crippen molar-refractivity contribution >= 4 is 29.2 Å². The molecule has 0 saturated carbocycles. The van der Waals surface area contributed by atoms with Crippen LogP contribution in [0.4, 0.5) is 5.69 Å². The second-order valence-corrected chi connectivity index (χ2v) is 5.72. The number of anilines is 1. The van der Waals surface area contributed by atoms with Gasteiger partial charge in [-0.2, -0.15) is 5.26 Å². The second-order valence-electron chi connectivity index (χ2n) is 5.29. The van der Waals surface area contributed by atoms with Gasteiger partial charge in [-0.3, -0.25) is 4.79 Å². The van der Waals surface area contributed by atoms with Crippen LogP contribution in [0.25, 0.3) is 0 Å². The van der Waals surface area contributed by atoms with E-state index in [1.165, 1.54) is 12.1 Å². The van der Waals surface area contributed by atoms with E-state index >= 15 is 0 Å². The van der Waals surface area contributed by atoms with Gasteiger partial charge in [0.25, 0.3) is 5.91 Å². The molecule has 2 aromatic rings. The highest BCUT2D eigenvalue weighted by Gasteiger charge is 2.21. The number of halogens is 1. The lowest BCUT2D eigenvalue weighted by Gasteiger charge is -2.16. The number of carbonyl (C=O) groups is 2. The summed E-state index contributed by atoms with van der Waals surface area (Å²) in [5, 5.41) is 11.9. The molecule has 26 heavy (non-hydrogen) atoms. The molecule has 0 aliphatic carbocycles. The molecule has 1 atom stereocenters. The lowest BCUT2D eigenvalue weighted by Crippen LogP contribution is -2.31. The van der Waals surface area contributed by atoms with Gasteiger partial charge in [-0.25, -0.2) is 4.79 Å². The quantitative estimate of drug-likeness (QED) is 0.751. The molecular formula is C19H17ClN2O4. The van der Waals surface area contributed by atoms with E-state index in [0.717, 1.165) is 0 Å². The molecule has 0 fully saturated rings. The third kappa shape index (κ3) is 5.50. The molecular weight excluding hydrogens is 356 g/mol. The summed E-state index contributed by atoms with van der Waals surface area (Å²) in [6, 6.07) is 15.3. The molecule has 134 valence electrons. The monoisotopic (exact) mass is 372 g/mol. The van der Waals surface area contributed by atoms with Crippen molar-refractivity contribution in [3.8, 4) is 11.8 Å². The van der Waals surface area contributed by atoms with Crippen LogP contribution in [-0.2, 0) is 14.3 Å². The Balaban J connectivity index is 1.91. The van der Waals surface area contributed by atoms with Crippen LogP contribution >= 0.6 is 11.6 Å². The Hall–Kier alpha value is -3.04. The molecule has 6 nitrogen and oxygen atoms in total. The van der Waals surface area contributed by atoms with E-state index in [2.05, 4.69) is 5.32 Å². The van der Waals surface area contributed by atoms with Crippen molar-refractivity contribution < 1.29 is 19.1 Å². The van der Waals surface area contributed by atoms with Crippen LogP contribution in [0.5, 0.6) is 5.75 Å². The van der Waals surface area contributed by atoms with Crippen molar-refractivity contribution in [2.24, 2.45) is 0 Å². The van der Waals surface area contributed by atoms with Gasteiger partial charge in [-0.15, -0.1) is 0 Å². The summed E-state index contributed by atoms with van der Waals surface area (Å²) in [5.74, 6) is -0.678. The van der Waals surface area contributed by atoms with Crippen LogP contribution in [0.3, 0.4) is 0 Å². The largest absolute Gasteiger partial charge is 0.479 e. The van der Waals surface area contributed by atoms with E-state index in [9.17, 15) is 9.59 Å². The van der Waals surface area contributed by atoms with Gasteiger partial charge < -0.3 is 14.8 Å². The molecule has 0 aliphatic rings. The summed E-state index contributed by atoms with van der Waals surface area (Å²) in [5.41, 5.74) is 0.515. The van der Waals surface area contributed by atoms with Crippen LogP contribution in [0.1, 0.15) is 18.9 Å². The summed E-state index contributed by atoms with van der Waals surface area (Å²) in [7, 11) is 0. The Bertz CT molecular complexity index is 818. The number of hydrogen-bond acceptors (Lipinski definition) is 5. The number of nitrogens with one attached hydrogen (secondary N) is 1. The molecule has 1 N–H and O–H groups in total. The first-order chi connectivity index (χ1) is 12.5. The average Bonchev–Trinajstić information content (AvgIpc) is 2.65. The predicted molar refractivity (Wildman–Crippen MR) is 96.9 cm³/mol. The number of carbonyl (C=O) groups excluding carboxylic acids is 2. The molecule has 7 heteroatoms. The van der Waals surface area contributed by atoms with Gasteiger partial charge >= 0.3 is 5.97 Å². The van der Waals surface area contributed by atoms with Crippen LogP contribution in [0.15, 0.2) is 48.5 Å². The molecule has 0 aliphatic heterocycles. The van der Waals surface area contributed by atoms with Crippen molar-refractivity contribution in [2.75, 3.05) is 11.9 Å². The second kappa shape index (κ2) is 9.44. The first-order valence-corrected chi connectivity index (χ1v) is 8.29. The van der Waals surface area contributed by atoms with Gasteiger partial charge in [0.15, 0.2) is 12.7 Å². The molecule has 1 amide bonds. The zero-order valence-electron chi connectivity index (χ0n) is 14.1. The Morgan fingerprint density at radius 3 is 2.62 bits per heavy atom. The number of hydrogen-bond donors (Lipinski definition) is 1. The van der Waals surface area contributed by atoms with E-state index in [-0.39, 0.29) is 11.3 Å². The Morgan fingerprint density at radius 1 is 1.23 bits per heavy atom. The first-order valence-electron chi connectivity index (χ1n) is 7.91.